The van der Waals surface area contributed by atoms with Crippen LogP contribution in [-0.2, 0) is 13.6 Å². The van der Waals surface area contributed by atoms with Gasteiger partial charge < -0.3 is 14.9 Å². The molecule has 0 saturated heterocycles. The van der Waals surface area contributed by atoms with Gasteiger partial charge in [-0.25, -0.2) is 4.98 Å². The molecule has 0 unspecified atom stereocenters. The van der Waals surface area contributed by atoms with Crippen LogP contribution in [0.3, 0.4) is 0 Å². The van der Waals surface area contributed by atoms with Crippen LogP contribution in [0.25, 0.3) is 11.4 Å². The predicted molar refractivity (Wildman–Crippen MR) is 60.5 cm³/mol. The lowest BCUT2D eigenvalue weighted by atomic mass is 10.2. The summed E-state index contributed by atoms with van der Waals surface area (Å²) in [6, 6.07) is 4.03. The second kappa shape index (κ2) is 3.90. The number of nitrogens with one attached hydrogen (secondary N) is 2. The van der Waals surface area contributed by atoms with Crippen molar-refractivity contribution in [3.8, 4) is 11.4 Å². The van der Waals surface area contributed by atoms with Crippen molar-refractivity contribution in [1.29, 1.82) is 0 Å². The maximum Gasteiger partial charge on any atom is 0.123 e. The molecular formula is C11H16N4. The van der Waals surface area contributed by atoms with Crippen molar-refractivity contribution >= 4 is 0 Å². The summed E-state index contributed by atoms with van der Waals surface area (Å²) < 4.78 is 2.12. The van der Waals surface area contributed by atoms with Gasteiger partial charge in [-0.05, 0) is 26.1 Å². The van der Waals surface area contributed by atoms with Crippen LogP contribution >= 0.6 is 0 Å². The van der Waals surface area contributed by atoms with Gasteiger partial charge in [-0.15, -0.1) is 0 Å². The molecule has 0 radical (unpaired) electrons. The van der Waals surface area contributed by atoms with Crippen molar-refractivity contribution < 1.29 is 0 Å². The Hall–Kier alpha value is -1.55. The van der Waals surface area contributed by atoms with E-state index in [1.807, 2.05) is 32.4 Å². The molecule has 80 valence electrons. The molecule has 2 aromatic heterocycles. The zero-order valence-electron chi connectivity index (χ0n) is 9.33. The minimum atomic E-state index is 0.790. The zero-order chi connectivity index (χ0) is 10.8. The van der Waals surface area contributed by atoms with Gasteiger partial charge in [-0.3, -0.25) is 0 Å². The predicted octanol–water partition coefficient (Wildman–Crippen LogP) is 1.44. The highest BCUT2D eigenvalue weighted by Crippen LogP contribution is 2.20. The summed E-state index contributed by atoms with van der Waals surface area (Å²) in [5.74, 6) is 1.06. The highest BCUT2D eigenvalue weighted by Gasteiger charge is 2.12. The highest BCUT2D eigenvalue weighted by atomic mass is 15.1. The van der Waals surface area contributed by atoms with Gasteiger partial charge in [0.05, 0.1) is 12.2 Å². The van der Waals surface area contributed by atoms with Crippen LogP contribution in [0.15, 0.2) is 18.3 Å². The maximum absolute atomic E-state index is 4.61. The zero-order valence-corrected chi connectivity index (χ0v) is 9.33. The second-order valence-electron chi connectivity index (χ2n) is 3.64. The normalized spacial score (nSPS) is 10.9. The Morgan fingerprint density at radius 1 is 1.53 bits per heavy atom. The summed E-state index contributed by atoms with van der Waals surface area (Å²) in [5.41, 5.74) is 3.29. The first kappa shape index (κ1) is 9.98. The Labute approximate surface area is 89.3 Å². The van der Waals surface area contributed by atoms with E-state index >= 15 is 0 Å². The van der Waals surface area contributed by atoms with Gasteiger partial charge in [0.2, 0.25) is 0 Å². The molecule has 0 aliphatic carbocycles. The lowest BCUT2D eigenvalue weighted by Gasteiger charge is -2.00. The van der Waals surface area contributed by atoms with Gasteiger partial charge in [0.25, 0.3) is 0 Å². The van der Waals surface area contributed by atoms with Crippen LogP contribution in [0, 0.1) is 6.92 Å². The van der Waals surface area contributed by atoms with E-state index in [-0.39, 0.29) is 0 Å². The molecule has 0 aliphatic rings. The summed E-state index contributed by atoms with van der Waals surface area (Å²) in [6.07, 6.45) is 1.92. The molecule has 0 saturated carbocycles. The summed E-state index contributed by atoms with van der Waals surface area (Å²) in [4.78, 5) is 7.79. The molecule has 0 spiro atoms. The average Bonchev–Trinajstić information content (AvgIpc) is 2.82. The van der Waals surface area contributed by atoms with Crippen LogP contribution in [0.1, 0.15) is 11.5 Å². The Morgan fingerprint density at radius 3 is 2.93 bits per heavy atom. The number of rotatable bonds is 3. The van der Waals surface area contributed by atoms with Gasteiger partial charge in [0.1, 0.15) is 11.5 Å². The quantitative estimate of drug-likeness (QED) is 0.794. The fourth-order valence-corrected chi connectivity index (χ4v) is 1.69. The fourth-order valence-electron chi connectivity index (χ4n) is 1.69. The van der Waals surface area contributed by atoms with Gasteiger partial charge in [-0.2, -0.15) is 0 Å². The molecule has 4 nitrogen and oxygen atoms in total. The van der Waals surface area contributed by atoms with Crippen LogP contribution in [0.2, 0.25) is 0 Å². The largest absolute Gasteiger partial charge is 0.360 e. The minimum absolute atomic E-state index is 0.790. The summed E-state index contributed by atoms with van der Waals surface area (Å²) in [6.45, 7) is 2.88. The molecule has 2 aromatic rings. The summed E-state index contributed by atoms with van der Waals surface area (Å²) in [7, 11) is 3.97. The van der Waals surface area contributed by atoms with Crippen molar-refractivity contribution in [3.05, 3.63) is 29.8 Å². The topological polar surface area (TPSA) is 45.6 Å². The van der Waals surface area contributed by atoms with E-state index in [0.717, 1.165) is 23.8 Å². The van der Waals surface area contributed by atoms with Gasteiger partial charge in [0.15, 0.2) is 0 Å². The van der Waals surface area contributed by atoms with Crippen molar-refractivity contribution in [2.24, 2.45) is 7.05 Å². The standard InChI is InChI=1S/C11H16N4/c1-8-11(9-5-4-6-13-9)14-10(7-12-2)15(8)3/h4-6,12-13H,7H2,1-3H3. The summed E-state index contributed by atoms with van der Waals surface area (Å²) in [5, 5.41) is 3.12. The SMILES string of the molecule is CNCc1nc(-c2ccc[nH]2)c(C)n1C. The van der Waals surface area contributed by atoms with Crippen LogP contribution in [0.5, 0.6) is 0 Å². The van der Waals surface area contributed by atoms with Gasteiger partial charge in [0, 0.05) is 18.9 Å². The number of H-pyrrole nitrogens is 1. The molecule has 0 atom stereocenters. The molecular weight excluding hydrogens is 188 g/mol. The number of aromatic nitrogens is 3. The van der Waals surface area contributed by atoms with E-state index < -0.39 is 0 Å². The molecule has 0 amide bonds. The van der Waals surface area contributed by atoms with Crippen molar-refractivity contribution in [2.45, 2.75) is 13.5 Å². The van der Waals surface area contributed by atoms with Crippen molar-refractivity contribution in [2.75, 3.05) is 7.05 Å². The molecule has 0 bridgehead atoms. The molecule has 2 rings (SSSR count). The second-order valence-corrected chi connectivity index (χ2v) is 3.64. The average molecular weight is 204 g/mol. The lowest BCUT2D eigenvalue weighted by Crippen LogP contribution is -2.10. The number of aromatic amines is 1. The van der Waals surface area contributed by atoms with Crippen LogP contribution in [0.4, 0.5) is 0 Å². The Balaban J connectivity index is 2.45. The maximum atomic E-state index is 4.61. The first-order valence-corrected chi connectivity index (χ1v) is 5.04. The molecule has 2 N–H and O–H groups in total. The molecule has 15 heavy (non-hydrogen) atoms. The van der Waals surface area contributed by atoms with Crippen molar-refractivity contribution in [1.82, 2.24) is 19.9 Å². The Kier molecular flexibility index (Phi) is 2.60. The van der Waals surface area contributed by atoms with Gasteiger partial charge >= 0.3 is 0 Å². The van der Waals surface area contributed by atoms with Gasteiger partial charge in [-0.1, -0.05) is 0 Å². The molecule has 0 aromatic carbocycles. The van der Waals surface area contributed by atoms with E-state index in [0.29, 0.717) is 0 Å². The van der Waals surface area contributed by atoms with Crippen LogP contribution < -0.4 is 5.32 Å². The summed E-state index contributed by atoms with van der Waals surface area (Å²) >= 11 is 0. The molecule has 0 fully saturated rings. The number of nitrogens with zero attached hydrogens (tertiary/aromatic N) is 2. The van der Waals surface area contributed by atoms with E-state index in [1.165, 1.54) is 5.69 Å². The van der Waals surface area contributed by atoms with E-state index in [2.05, 4.69) is 26.8 Å². The molecule has 4 heteroatoms. The third kappa shape index (κ3) is 1.68. The van der Waals surface area contributed by atoms with E-state index in [1.54, 1.807) is 0 Å². The number of hydrogen-bond donors (Lipinski definition) is 2. The first-order chi connectivity index (χ1) is 7.24. The molecule has 0 aliphatic heterocycles. The van der Waals surface area contributed by atoms with E-state index in [4.69, 9.17) is 0 Å². The first-order valence-electron chi connectivity index (χ1n) is 5.04. The van der Waals surface area contributed by atoms with E-state index in [9.17, 15) is 0 Å². The fraction of sp³-hybridized carbons (Fsp3) is 0.364. The number of hydrogen-bond acceptors (Lipinski definition) is 2. The smallest absolute Gasteiger partial charge is 0.123 e. The molecule has 2 heterocycles. The van der Waals surface area contributed by atoms with Crippen molar-refractivity contribution in [3.63, 3.8) is 0 Å². The monoisotopic (exact) mass is 204 g/mol. The minimum Gasteiger partial charge on any atom is -0.360 e. The van der Waals surface area contributed by atoms with Crippen LogP contribution in [-0.4, -0.2) is 21.6 Å². The Bertz CT molecular complexity index is 439. The third-order valence-electron chi connectivity index (χ3n) is 2.66. The third-order valence-corrected chi connectivity index (χ3v) is 2.66. The lowest BCUT2D eigenvalue weighted by molar-refractivity contribution is 0.701. The Morgan fingerprint density at radius 2 is 2.33 bits per heavy atom. The number of imidazole rings is 1. The highest BCUT2D eigenvalue weighted by molar-refractivity contribution is 5.57.